The van der Waals surface area contributed by atoms with Crippen LogP contribution in [0.5, 0.6) is 11.5 Å². The largest absolute Gasteiger partial charge is 0.450 e. The average molecular weight is 294 g/mol. The molecule has 0 saturated heterocycles. The molecule has 0 bridgehead atoms. The summed E-state index contributed by atoms with van der Waals surface area (Å²) in [7, 11) is 0. The van der Waals surface area contributed by atoms with Gasteiger partial charge in [0.05, 0.1) is 4.92 Å². The minimum atomic E-state index is -0.464. The highest BCUT2D eigenvalue weighted by Crippen LogP contribution is 2.31. The first-order chi connectivity index (χ1) is 8.16. The van der Waals surface area contributed by atoms with Crippen molar-refractivity contribution in [3.63, 3.8) is 0 Å². The molecule has 0 unspecified atom stereocenters. The number of nitro groups is 1. The molecule has 2 rings (SSSR count). The summed E-state index contributed by atoms with van der Waals surface area (Å²) < 4.78 is 6.39. The highest BCUT2D eigenvalue weighted by Gasteiger charge is 2.13. The third kappa shape index (κ3) is 2.82. The standard InChI is InChI=1S/C12H8BrNO3/c13-9-5-7-10(8-6-9)17-12-4-2-1-3-11(12)14(15)16/h1-8H. The molecule has 0 aliphatic carbocycles. The van der Waals surface area contributed by atoms with Crippen LogP contribution in [-0.2, 0) is 0 Å². The fourth-order valence-electron chi connectivity index (χ4n) is 1.32. The lowest BCUT2D eigenvalue weighted by Crippen LogP contribution is -1.92. The van der Waals surface area contributed by atoms with Crippen molar-refractivity contribution in [1.82, 2.24) is 0 Å². The summed E-state index contributed by atoms with van der Waals surface area (Å²) in [5.74, 6) is 0.794. The van der Waals surface area contributed by atoms with E-state index in [9.17, 15) is 10.1 Å². The van der Waals surface area contributed by atoms with Crippen LogP contribution in [0.1, 0.15) is 0 Å². The zero-order valence-corrected chi connectivity index (χ0v) is 10.3. The molecule has 0 aliphatic rings. The number of ether oxygens (including phenoxy) is 1. The molecule has 17 heavy (non-hydrogen) atoms. The Balaban J connectivity index is 2.30. The Morgan fingerprint density at radius 1 is 1.06 bits per heavy atom. The molecule has 0 fully saturated rings. The maximum absolute atomic E-state index is 10.8. The molecule has 0 spiro atoms. The maximum Gasteiger partial charge on any atom is 0.311 e. The van der Waals surface area contributed by atoms with E-state index in [0.717, 1.165) is 4.47 Å². The van der Waals surface area contributed by atoms with Crippen molar-refractivity contribution in [3.8, 4) is 11.5 Å². The average Bonchev–Trinajstić information content (AvgIpc) is 2.32. The molecule has 0 saturated carbocycles. The van der Waals surface area contributed by atoms with Gasteiger partial charge in [0, 0.05) is 10.5 Å². The van der Waals surface area contributed by atoms with E-state index in [-0.39, 0.29) is 11.4 Å². The van der Waals surface area contributed by atoms with Gasteiger partial charge in [-0.05, 0) is 30.3 Å². The van der Waals surface area contributed by atoms with Crippen LogP contribution in [0.15, 0.2) is 53.0 Å². The van der Waals surface area contributed by atoms with E-state index in [4.69, 9.17) is 4.74 Å². The summed E-state index contributed by atoms with van der Waals surface area (Å²) in [6.45, 7) is 0. The van der Waals surface area contributed by atoms with E-state index < -0.39 is 4.92 Å². The van der Waals surface area contributed by atoms with E-state index in [0.29, 0.717) is 5.75 Å². The first-order valence-corrected chi connectivity index (χ1v) is 5.63. The Kier molecular flexibility index (Phi) is 3.39. The highest BCUT2D eigenvalue weighted by molar-refractivity contribution is 9.10. The SMILES string of the molecule is O=[N+]([O-])c1ccccc1Oc1ccc(Br)cc1. The van der Waals surface area contributed by atoms with E-state index in [1.54, 1.807) is 30.3 Å². The van der Waals surface area contributed by atoms with Crippen LogP contribution in [-0.4, -0.2) is 4.92 Å². The first kappa shape index (κ1) is 11.6. The predicted octanol–water partition coefficient (Wildman–Crippen LogP) is 4.15. The third-order valence-electron chi connectivity index (χ3n) is 2.10. The van der Waals surface area contributed by atoms with Gasteiger partial charge in [0.25, 0.3) is 0 Å². The summed E-state index contributed by atoms with van der Waals surface area (Å²) in [6.07, 6.45) is 0. The van der Waals surface area contributed by atoms with Crippen LogP contribution in [0.3, 0.4) is 0 Å². The molecular formula is C12H8BrNO3. The summed E-state index contributed by atoms with van der Waals surface area (Å²) in [4.78, 5) is 10.3. The molecule has 0 heterocycles. The summed E-state index contributed by atoms with van der Waals surface area (Å²) >= 11 is 3.30. The second-order valence-corrected chi connectivity index (χ2v) is 4.20. The summed E-state index contributed by atoms with van der Waals surface area (Å²) in [6, 6.07) is 13.4. The van der Waals surface area contributed by atoms with Crippen molar-refractivity contribution in [3.05, 3.63) is 63.1 Å². The number of para-hydroxylation sites is 2. The minimum Gasteiger partial charge on any atom is -0.450 e. The highest BCUT2D eigenvalue weighted by atomic mass is 79.9. The molecule has 0 N–H and O–H groups in total. The fourth-order valence-corrected chi connectivity index (χ4v) is 1.59. The van der Waals surface area contributed by atoms with Crippen molar-refractivity contribution in [2.24, 2.45) is 0 Å². The number of hydrogen-bond acceptors (Lipinski definition) is 3. The predicted molar refractivity (Wildman–Crippen MR) is 67.3 cm³/mol. The van der Waals surface area contributed by atoms with Crippen molar-refractivity contribution < 1.29 is 9.66 Å². The second kappa shape index (κ2) is 4.97. The van der Waals surface area contributed by atoms with Gasteiger partial charge in [0.15, 0.2) is 0 Å². The Morgan fingerprint density at radius 2 is 1.71 bits per heavy atom. The van der Waals surface area contributed by atoms with E-state index >= 15 is 0 Å². The minimum absolute atomic E-state index is 0.0459. The molecule has 2 aromatic carbocycles. The van der Waals surface area contributed by atoms with Gasteiger partial charge in [0.2, 0.25) is 5.75 Å². The lowest BCUT2D eigenvalue weighted by molar-refractivity contribution is -0.385. The fraction of sp³-hybridized carbons (Fsp3) is 0. The van der Waals surface area contributed by atoms with Crippen molar-refractivity contribution >= 4 is 21.6 Å². The van der Waals surface area contributed by atoms with Crippen molar-refractivity contribution in [2.45, 2.75) is 0 Å². The Hall–Kier alpha value is -1.88. The van der Waals surface area contributed by atoms with E-state index in [1.165, 1.54) is 6.07 Å². The molecule has 0 amide bonds. The molecule has 0 atom stereocenters. The van der Waals surface area contributed by atoms with E-state index in [1.807, 2.05) is 12.1 Å². The monoisotopic (exact) mass is 293 g/mol. The Labute approximate surface area is 106 Å². The zero-order chi connectivity index (χ0) is 12.3. The molecule has 2 aromatic rings. The number of benzene rings is 2. The molecule has 0 aromatic heterocycles. The maximum atomic E-state index is 10.8. The summed E-state index contributed by atoms with van der Waals surface area (Å²) in [5, 5.41) is 10.8. The van der Waals surface area contributed by atoms with Crippen LogP contribution in [0.25, 0.3) is 0 Å². The molecule has 0 radical (unpaired) electrons. The third-order valence-corrected chi connectivity index (χ3v) is 2.63. The quantitative estimate of drug-likeness (QED) is 0.631. The Morgan fingerprint density at radius 3 is 2.35 bits per heavy atom. The van der Waals surface area contributed by atoms with Gasteiger partial charge in [-0.3, -0.25) is 10.1 Å². The Bertz CT molecular complexity index is 540. The van der Waals surface area contributed by atoms with Gasteiger partial charge in [-0.25, -0.2) is 0 Å². The zero-order valence-electron chi connectivity index (χ0n) is 8.67. The normalized spacial score (nSPS) is 9.94. The molecule has 0 aliphatic heterocycles. The molecule has 4 nitrogen and oxygen atoms in total. The first-order valence-electron chi connectivity index (χ1n) is 4.83. The number of nitrogens with zero attached hydrogens (tertiary/aromatic N) is 1. The lowest BCUT2D eigenvalue weighted by atomic mass is 10.3. The van der Waals surface area contributed by atoms with Gasteiger partial charge in [-0.15, -0.1) is 0 Å². The van der Waals surface area contributed by atoms with Crippen molar-refractivity contribution in [2.75, 3.05) is 0 Å². The number of halogens is 1. The van der Waals surface area contributed by atoms with E-state index in [2.05, 4.69) is 15.9 Å². The number of hydrogen-bond donors (Lipinski definition) is 0. The second-order valence-electron chi connectivity index (χ2n) is 3.28. The molecule has 86 valence electrons. The lowest BCUT2D eigenvalue weighted by Gasteiger charge is -2.05. The van der Waals surface area contributed by atoms with Crippen LogP contribution in [0, 0.1) is 10.1 Å². The van der Waals surface area contributed by atoms with Crippen LogP contribution < -0.4 is 4.74 Å². The molecular weight excluding hydrogens is 286 g/mol. The smallest absolute Gasteiger partial charge is 0.311 e. The molecule has 5 heteroatoms. The van der Waals surface area contributed by atoms with Gasteiger partial charge >= 0.3 is 5.69 Å². The van der Waals surface area contributed by atoms with Crippen molar-refractivity contribution in [1.29, 1.82) is 0 Å². The summed E-state index contributed by atoms with van der Waals surface area (Å²) in [5.41, 5.74) is -0.0459. The van der Waals surface area contributed by atoms with Crippen LogP contribution in [0.4, 0.5) is 5.69 Å². The van der Waals surface area contributed by atoms with Crippen LogP contribution >= 0.6 is 15.9 Å². The van der Waals surface area contributed by atoms with Gasteiger partial charge < -0.3 is 4.74 Å². The van der Waals surface area contributed by atoms with Gasteiger partial charge in [-0.2, -0.15) is 0 Å². The van der Waals surface area contributed by atoms with Crippen LogP contribution in [0.2, 0.25) is 0 Å². The topological polar surface area (TPSA) is 52.4 Å². The van der Waals surface area contributed by atoms with Gasteiger partial charge in [0.1, 0.15) is 5.75 Å². The number of nitro benzene ring substituents is 1. The van der Waals surface area contributed by atoms with Gasteiger partial charge in [-0.1, -0.05) is 28.1 Å². The number of rotatable bonds is 3.